The van der Waals surface area contributed by atoms with E-state index < -0.39 is 6.04 Å². The molecule has 2 aromatic rings. The van der Waals surface area contributed by atoms with Gasteiger partial charge in [0.2, 0.25) is 11.8 Å². The number of nitrogens with zero attached hydrogens (tertiary/aromatic N) is 1. The van der Waals surface area contributed by atoms with Gasteiger partial charge in [0, 0.05) is 30.2 Å². The van der Waals surface area contributed by atoms with Crippen LogP contribution in [0.25, 0.3) is 0 Å². The normalized spacial score (nSPS) is 11.7. The van der Waals surface area contributed by atoms with Crippen LogP contribution in [0.5, 0.6) is 0 Å². The number of thioether (sulfide) groups is 1. The molecule has 0 aliphatic heterocycles. The lowest BCUT2D eigenvalue weighted by Crippen LogP contribution is -2.47. The first-order valence-electron chi connectivity index (χ1n) is 9.32. The van der Waals surface area contributed by atoms with Crippen molar-refractivity contribution in [2.45, 2.75) is 44.7 Å². The van der Waals surface area contributed by atoms with E-state index in [1.165, 1.54) is 0 Å². The van der Waals surface area contributed by atoms with E-state index in [4.69, 9.17) is 0 Å². The fourth-order valence-corrected chi connectivity index (χ4v) is 3.65. The lowest BCUT2D eigenvalue weighted by atomic mass is 10.1. The second-order valence-electron chi connectivity index (χ2n) is 6.43. The predicted molar refractivity (Wildman–Crippen MR) is 112 cm³/mol. The van der Waals surface area contributed by atoms with Crippen molar-refractivity contribution in [1.29, 1.82) is 0 Å². The van der Waals surface area contributed by atoms with E-state index in [2.05, 4.69) is 5.32 Å². The van der Waals surface area contributed by atoms with Gasteiger partial charge in [-0.2, -0.15) is 0 Å². The minimum atomic E-state index is -0.501. The van der Waals surface area contributed by atoms with Crippen molar-refractivity contribution >= 4 is 23.6 Å². The van der Waals surface area contributed by atoms with E-state index in [0.29, 0.717) is 25.3 Å². The molecular weight excluding hydrogens is 356 g/mol. The number of rotatable bonds is 9. The average Bonchev–Trinajstić information content (AvgIpc) is 2.67. The maximum absolute atomic E-state index is 12.9. The number of nitrogens with one attached hydrogen (secondary N) is 1. The molecule has 27 heavy (non-hydrogen) atoms. The summed E-state index contributed by atoms with van der Waals surface area (Å²) in [5.41, 5.74) is 2.19. The second-order valence-corrected chi connectivity index (χ2v) is 7.60. The summed E-state index contributed by atoms with van der Waals surface area (Å²) in [6.07, 6.45) is 0.398. The number of carbonyl (C=O) groups excluding carboxylic acids is 2. The van der Waals surface area contributed by atoms with Gasteiger partial charge in [0.25, 0.3) is 0 Å². The van der Waals surface area contributed by atoms with E-state index in [-0.39, 0.29) is 11.8 Å². The van der Waals surface area contributed by atoms with Crippen LogP contribution in [0.3, 0.4) is 0 Å². The summed E-state index contributed by atoms with van der Waals surface area (Å²) in [6, 6.07) is 17.5. The van der Waals surface area contributed by atoms with E-state index in [1.807, 2.05) is 68.4 Å². The number of hydrogen-bond acceptors (Lipinski definition) is 3. The summed E-state index contributed by atoms with van der Waals surface area (Å²) in [4.78, 5) is 28.1. The number of amides is 2. The Morgan fingerprint density at radius 1 is 1.07 bits per heavy atom. The maximum Gasteiger partial charge on any atom is 0.242 e. The third-order valence-electron chi connectivity index (χ3n) is 4.45. The van der Waals surface area contributed by atoms with Gasteiger partial charge in [0.1, 0.15) is 6.04 Å². The van der Waals surface area contributed by atoms with Crippen LogP contribution in [0.1, 0.15) is 31.4 Å². The molecule has 0 unspecified atom stereocenters. The molecular formula is C22H28N2O2S. The van der Waals surface area contributed by atoms with Crippen molar-refractivity contribution in [1.82, 2.24) is 10.2 Å². The quantitative estimate of drug-likeness (QED) is 0.664. The number of likely N-dealkylation sites (N-methyl/N-ethyl adjacent to an activating group) is 1. The van der Waals surface area contributed by atoms with Crippen LogP contribution in [0.2, 0.25) is 0 Å². The first kappa shape index (κ1) is 21.0. The fraction of sp³-hybridized carbons (Fsp3) is 0.364. The maximum atomic E-state index is 12.9. The zero-order valence-electron chi connectivity index (χ0n) is 16.3. The summed E-state index contributed by atoms with van der Waals surface area (Å²) < 4.78 is 0. The third-order valence-corrected chi connectivity index (χ3v) is 5.46. The van der Waals surface area contributed by atoms with Crippen molar-refractivity contribution in [3.63, 3.8) is 0 Å². The molecule has 0 fully saturated rings. The van der Waals surface area contributed by atoms with Gasteiger partial charge in [-0.15, -0.1) is 11.8 Å². The zero-order chi connectivity index (χ0) is 19.6. The van der Waals surface area contributed by atoms with Gasteiger partial charge in [-0.05, 0) is 44.0 Å². The molecule has 4 nitrogen and oxygen atoms in total. The van der Waals surface area contributed by atoms with Crippen LogP contribution in [0.15, 0.2) is 59.5 Å². The summed E-state index contributed by atoms with van der Waals surface area (Å²) in [6.45, 7) is 6.71. The monoisotopic (exact) mass is 384 g/mol. The molecule has 144 valence electrons. The summed E-state index contributed by atoms with van der Waals surface area (Å²) in [5.74, 6) is 0.575. The largest absolute Gasteiger partial charge is 0.355 e. The van der Waals surface area contributed by atoms with E-state index >= 15 is 0 Å². The van der Waals surface area contributed by atoms with Gasteiger partial charge in [0.15, 0.2) is 0 Å². The predicted octanol–water partition coefficient (Wildman–Crippen LogP) is 4.03. The fourth-order valence-electron chi connectivity index (χ4n) is 2.79. The highest BCUT2D eigenvalue weighted by Gasteiger charge is 2.25. The van der Waals surface area contributed by atoms with Crippen molar-refractivity contribution in [2.24, 2.45) is 0 Å². The molecule has 0 aliphatic rings. The van der Waals surface area contributed by atoms with E-state index in [0.717, 1.165) is 16.0 Å². The molecule has 0 aromatic heterocycles. The Morgan fingerprint density at radius 2 is 1.74 bits per heavy atom. The summed E-state index contributed by atoms with van der Waals surface area (Å²) in [5, 5.41) is 2.82. The molecule has 0 radical (unpaired) electrons. The Morgan fingerprint density at radius 3 is 2.41 bits per heavy atom. The molecule has 0 saturated heterocycles. The van der Waals surface area contributed by atoms with Crippen molar-refractivity contribution in [3.05, 3.63) is 65.7 Å². The first-order valence-corrected chi connectivity index (χ1v) is 10.3. The topological polar surface area (TPSA) is 49.4 Å². The van der Waals surface area contributed by atoms with E-state index in [9.17, 15) is 9.59 Å². The minimum absolute atomic E-state index is 0.000405. The number of carbonyl (C=O) groups is 2. The summed E-state index contributed by atoms with van der Waals surface area (Å²) in [7, 11) is 0. The van der Waals surface area contributed by atoms with Crippen molar-refractivity contribution in [3.8, 4) is 0 Å². The van der Waals surface area contributed by atoms with Crippen LogP contribution in [-0.2, 0) is 16.1 Å². The highest BCUT2D eigenvalue weighted by atomic mass is 32.2. The van der Waals surface area contributed by atoms with Crippen LogP contribution in [0, 0.1) is 6.92 Å². The highest BCUT2D eigenvalue weighted by molar-refractivity contribution is 7.99. The SMILES string of the molecule is CCNC(=O)[C@@H](C)N(Cc1ccccc1C)C(=O)CCSc1ccccc1. The number of aryl methyl sites for hydroxylation is 1. The van der Waals surface area contributed by atoms with Gasteiger partial charge < -0.3 is 10.2 Å². The van der Waals surface area contributed by atoms with Crippen LogP contribution in [0.4, 0.5) is 0 Å². The standard InChI is InChI=1S/C22H28N2O2S/c1-4-23-22(26)18(3)24(16-19-11-9-8-10-17(19)2)21(25)14-15-27-20-12-6-5-7-13-20/h5-13,18H,4,14-16H2,1-3H3,(H,23,26)/t18-/m1/s1. The van der Waals surface area contributed by atoms with Crippen molar-refractivity contribution < 1.29 is 9.59 Å². The lowest BCUT2D eigenvalue weighted by Gasteiger charge is -2.29. The van der Waals surface area contributed by atoms with Crippen LogP contribution in [-0.4, -0.2) is 35.1 Å². The van der Waals surface area contributed by atoms with Gasteiger partial charge in [-0.1, -0.05) is 42.5 Å². The van der Waals surface area contributed by atoms with Crippen molar-refractivity contribution in [2.75, 3.05) is 12.3 Å². The van der Waals surface area contributed by atoms with Gasteiger partial charge in [-0.3, -0.25) is 9.59 Å². The molecule has 0 heterocycles. The summed E-state index contributed by atoms with van der Waals surface area (Å²) >= 11 is 1.66. The van der Waals surface area contributed by atoms with Gasteiger partial charge >= 0.3 is 0 Å². The molecule has 2 rings (SSSR count). The second kappa shape index (κ2) is 10.8. The van der Waals surface area contributed by atoms with E-state index in [1.54, 1.807) is 23.6 Å². The van der Waals surface area contributed by atoms with Gasteiger partial charge in [0.05, 0.1) is 0 Å². The van der Waals surface area contributed by atoms with Gasteiger partial charge in [-0.25, -0.2) is 0 Å². The molecule has 0 bridgehead atoms. The molecule has 0 spiro atoms. The Labute approximate surface area is 166 Å². The highest BCUT2D eigenvalue weighted by Crippen LogP contribution is 2.20. The first-order chi connectivity index (χ1) is 13.0. The molecule has 2 aromatic carbocycles. The van der Waals surface area contributed by atoms with Crippen LogP contribution < -0.4 is 5.32 Å². The smallest absolute Gasteiger partial charge is 0.242 e. The molecule has 1 atom stereocenters. The van der Waals surface area contributed by atoms with Crippen LogP contribution >= 0.6 is 11.8 Å². The minimum Gasteiger partial charge on any atom is -0.355 e. The third kappa shape index (κ3) is 6.43. The zero-order valence-corrected chi connectivity index (χ0v) is 17.1. The molecule has 2 amide bonds. The Kier molecular flexibility index (Phi) is 8.40. The Hall–Kier alpha value is -2.27. The molecule has 0 aliphatic carbocycles. The molecule has 1 N–H and O–H groups in total. The molecule has 5 heteroatoms. The Bertz CT molecular complexity index is 749. The average molecular weight is 385 g/mol. The Balaban J connectivity index is 2.06. The number of benzene rings is 2. The molecule has 0 saturated carbocycles. The lowest BCUT2D eigenvalue weighted by molar-refractivity contribution is -0.140. The number of hydrogen-bond donors (Lipinski definition) is 1.